The van der Waals surface area contributed by atoms with Crippen molar-refractivity contribution >= 4 is 45.7 Å². The molecule has 1 saturated heterocycles. The molecule has 0 radical (unpaired) electrons. The van der Waals surface area contributed by atoms with E-state index in [9.17, 15) is 14.7 Å². The topological polar surface area (TPSA) is 92.6 Å². The second kappa shape index (κ2) is 12.6. The number of aliphatic hydroxyl groups is 1. The summed E-state index contributed by atoms with van der Waals surface area (Å²) in [6, 6.07) is 33.2. The Balaban J connectivity index is 1.28. The van der Waals surface area contributed by atoms with Crippen molar-refractivity contribution in [2.75, 3.05) is 4.90 Å². The minimum absolute atomic E-state index is 0.00156. The molecule has 6 rings (SSSR count). The van der Waals surface area contributed by atoms with Crippen LogP contribution in [0, 0.1) is 6.92 Å². The van der Waals surface area contributed by atoms with Gasteiger partial charge in [-0.25, -0.2) is 0 Å². The number of Topliss-reactive ketones (excluding diaryl/α,β-unsaturated/α-hetero) is 1. The van der Waals surface area contributed by atoms with Crippen LogP contribution in [0.3, 0.4) is 0 Å². The number of aliphatic hydroxyl groups excluding tert-OH is 1. The van der Waals surface area contributed by atoms with Gasteiger partial charge in [0, 0.05) is 11.3 Å². The zero-order valence-electron chi connectivity index (χ0n) is 23.2. The van der Waals surface area contributed by atoms with Gasteiger partial charge in [-0.2, -0.15) is 0 Å². The van der Waals surface area contributed by atoms with E-state index in [4.69, 9.17) is 4.74 Å². The van der Waals surface area contributed by atoms with Crippen molar-refractivity contribution in [3.8, 4) is 5.75 Å². The number of nitrogens with zero attached hydrogens (tertiary/aromatic N) is 3. The summed E-state index contributed by atoms with van der Waals surface area (Å²) in [6.07, 6.45) is 0. The van der Waals surface area contributed by atoms with E-state index in [0.29, 0.717) is 38.7 Å². The molecule has 1 N–H and O–H groups in total. The van der Waals surface area contributed by atoms with Gasteiger partial charge in [-0.15, -0.1) is 10.2 Å². The van der Waals surface area contributed by atoms with Gasteiger partial charge in [0.15, 0.2) is 4.34 Å². The number of carbonyl (C=O) groups is 2. The zero-order chi connectivity index (χ0) is 29.8. The number of amides is 1. The van der Waals surface area contributed by atoms with Gasteiger partial charge in [0.1, 0.15) is 18.1 Å². The largest absolute Gasteiger partial charge is 0.507 e. The summed E-state index contributed by atoms with van der Waals surface area (Å²) in [6.45, 7) is 2.43. The van der Waals surface area contributed by atoms with E-state index >= 15 is 0 Å². The lowest BCUT2D eigenvalue weighted by Crippen LogP contribution is -2.29. The third kappa shape index (κ3) is 6.23. The van der Waals surface area contributed by atoms with E-state index in [1.807, 2.05) is 85.8 Å². The number of hydrogen-bond acceptors (Lipinski definition) is 8. The molecule has 4 aromatic carbocycles. The molecule has 0 saturated carbocycles. The Morgan fingerprint density at radius 3 is 2.30 bits per heavy atom. The van der Waals surface area contributed by atoms with Gasteiger partial charge in [0.05, 0.1) is 11.6 Å². The minimum atomic E-state index is -0.863. The number of benzene rings is 4. The highest BCUT2D eigenvalue weighted by Crippen LogP contribution is 2.44. The van der Waals surface area contributed by atoms with E-state index < -0.39 is 17.7 Å². The van der Waals surface area contributed by atoms with Crippen molar-refractivity contribution in [1.82, 2.24) is 10.2 Å². The average Bonchev–Trinajstić information content (AvgIpc) is 3.61. The summed E-state index contributed by atoms with van der Waals surface area (Å²) in [5, 5.41) is 20.3. The molecule has 43 heavy (non-hydrogen) atoms. The number of aryl methyl sites for hydroxylation is 1. The molecule has 1 amide bonds. The second-order valence-electron chi connectivity index (χ2n) is 10.0. The minimum Gasteiger partial charge on any atom is -0.507 e. The number of carbonyl (C=O) groups excluding carboxylic acids is 2. The van der Waals surface area contributed by atoms with Crippen molar-refractivity contribution < 1.29 is 19.4 Å². The molecule has 1 fully saturated rings. The van der Waals surface area contributed by atoms with Crippen molar-refractivity contribution in [2.45, 2.75) is 29.7 Å². The summed E-state index contributed by atoms with van der Waals surface area (Å²) >= 11 is 2.75. The molecular weight excluding hydrogens is 579 g/mol. The molecular formula is C34H27N3O4S2. The fourth-order valence-corrected chi connectivity index (χ4v) is 6.71. The first kappa shape index (κ1) is 28.4. The van der Waals surface area contributed by atoms with E-state index in [1.54, 1.807) is 24.3 Å². The first-order valence-corrected chi connectivity index (χ1v) is 15.4. The SMILES string of the molecule is Cc1cccc(COc2ccc(/C(O)=C3\C(=O)C(=O)N(c4nnc(SCc5ccccc5)s4)C3c3ccccc3)cc2)c1. The van der Waals surface area contributed by atoms with Crippen molar-refractivity contribution in [3.63, 3.8) is 0 Å². The van der Waals surface area contributed by atoms with E-state index in [1.165, 1.54) is 28.0 Å². The molecule has 2 heterocycles. The fourth-order valence-electron chi connectivity index (χ4n) is 4.89. The molecule has 1 atom stereocenters. The lowest BCUT2D eigenvalue weighted by Gasteiger charge is -2.22. The van der Waals surface area contributed by atoms with Crippen LogP contribution in [-0.2, 0) is 21.9 Å². The first-order valence-electron chi connectivity index (χ1n) is 13.6. The van der Waals surface area contributed by atoms with Gasteiger partial charge >= 0.3 is 5.91 Å². The van der Waals surface area contributed by atoms with Gasteiger partial charge in [0.25, 0.3) is 5.78 Å². The number of ketones is 1. The maximum atomic E-state index is 13.5. The van der Waals surface area contributed by atoms with E-state index in [0.717, 1.165) is 16.7 Å². The molecule has 5 aromatic rings. The molecule has 0 spiro atoms. The number of hydrogen-bond donors (Lipinski definition) is 1. The van der Waals surface area contributed by atoms with Crippen LogP contribution in [0.2, 0.25) is 0 Å². The third-order valence-electron chi connectivity index (χ3n) is 6.98. The Labute approximate surface area is 257 Å². The fraction of sp³-hybridized carbons (Fsp3) is 0.118. The van der Waals surface area contributed by atoms with Crippen LogP contribution < -0.4 is 9.64 Å². The van der Waals surface area contributed by atoms with Crippen LogP contribution in [0.4, 0.5) is 5.13 Å². The number of anilines is 1. The molecule has 9 heteroatoms. The van der Waals surface area contributed by atoms with Crippen LogP contribution in [0.25, 0.3) is 5.76 Å². The van der Waals surface area contributed by atoms with Crippen LogP contribution in [-0.4, -0.2) is 27.0 Å². The van der Waals surface area contributed by atoms with Gasteiger partial charge in [-0.1, -0.05) is 114 Å². The third-order valence-corrected chi connectivity index (χ3v) is 9.11. The van der Waals surface area contributed by atoms with Crippen molar-refractivity contribution in [3.05, 3.63) is 143 Å². The van der Waals surface area contributed by atoms with Gasteiger partial charge in [-0.3, -0.25) is 14.5 Å². The Morgan fingerprint density at radius 1 is 0.884 bits per heavy atom. The van der Waals surface area contributed by atoms with Crippen LogP contribution in [0.1, 0.15) is 33.9 Å². The van der Waals surface area contributed by atoms with Gasteiger partial charge in [-0.05, 0) is 47.9 Å². The normalized spacial score (nSPS) is 16.0. The molecule has 0 aliphatic carbocycles. The number of aromatic nitrogens is 2. The lowest BCUT2D eigenvalue weighted by atomic mass is 9.95. The predicted molar refractivity (Wildman–Crippen MR) is 169 cm³/mol. The highest BCUT2D eigenvalue weighted by molar-refractivity contribution is 8.00. The molecule has 1 aliphatic heterocycles. The molecule has 0 bridgehead atoms. The summed E-state index contributed by atoms with van der Waals surface area (Å²) in [5.74, 6) is -0.485. The number of ether oxygens (including phenoxy) is 1. The molecule has 214 valence electrons. The Hall–Kier alpha value is -4.73. The van der Waals surface area contributed by atoms with Crippen LogP contribution in [0.15, 0.2) is 119 Å². The maximum absolute atomic E-state index is 13.5. The molecule has 1 unspecified atom stereocenters. The zero-order valence-corrected chi connectivity index (χ0v) is 24.8. The lowest BCUT2D eigenvalue weighted by molar-refractivity contribution is -0.132. The number of rotatable bonds is 9. The highest BCUT2D eigenvalue weighted by atomic mass is 32.2. The maximum Gasteiger partial charge on any atom is 0.301 e. The average molecular weight is 606 g/mol. The van der Waals surface area contributed by atoms with Crippen molar-refractivity contribution in [2.24, 2.45) is 0 Å². The standard InChI is InChI=1S/C34H27N3O4S2/c1-22-9-8-12-24(19-22)20-41-27-17-15-26(16-18-27)30(38)28-29(25-13-6-3-7-14-25)37(32(40)31(28)39)33-35-36-34(43-33)42-21-23-10-4-2-5-11-23/h2-19,29,38H,20-21H2,1H3/b30-28+. The summed E-state index contributed by atoms with van der Waals surface area (Å²) < 4.78 is 6.59. The smallest absolute Gasteiger partial charge is 0.301 e. The van der Waals surface area contributed by atoms with E-state index in [2.05, 4.69) is 16.3 Å². The van der Waals surface area contributed by atoms with E-state index in [-0.39, 0.29) is 11.3 Å². The Morgan fingerprint density at radius 2 is 1.58 bits per heavy atom. The monoisotopic (exact) mass is 605 g/mol. The summed E-state index contributed by atoms with van der Waals surface area (Å²) in [7, 11) is 0. The first-order chi connectivity index (χ1) is 21.0. The highest BCUT2D eigenvalue weighted by Gasteiger charge is 2.48. The van der Waals surface area contributed by atoms with Crippen molar-refractivity contribution in [1.29, 1.82) is 0 Å². The quantitative estimate of drug-likeness (QED) is 0.0618. The summed E-state index contributed by atoms with van der Waals surface area (Å²) in [4.78, 5) is 28.3. The van der Waals surface area contributed by atoms with Gasteiger partial charge < -0.3 is 9.84 Å². The number of thioether (sulfide) groups is 1. The Kier molecular flexibility index (Phi) is 8.35. The predicted octanol–water partition coefficient (Wildman–Crippen LogP) is 7.34. The summed E-state index contributed by atoms with van der Waals surface area (Å²) in [5.41, 5.74) is 4.42. The Bertz CT molecular complexity index is 1790. The molecule has 1 aromatic heterocycles. The second-order valence-corrected chi connectivity index (χ2v) is 12.2. The molecule has 1 aliphatic rings. The van der Waals surface area contributed by atoms with Crippen LogP contribution >= 0.6 is 23.1 Å². The molecule has 7 nitrogen and oxygen atoms in total. The van der Waals surface area contributed by atoms with Crippen LogP contribution in [0.5, 0.6) is 5.75 Å². The van der Waals surface area contributed by atoms with Gasteiger partial charge in [0.2, 0.25) is 5.13 Å².